The Balaban J connectivity index is 1.83. The second-order valence-electron chi connectivity index (χ2n) is 11.8. The fourth-order valence-electron chi connectivity index (χ4n) is 5.87. The molecule has 0 aromatic heterocycles. The van der Waals surface area contributed by atoms with Gasteiger partial charge < -0.3 is 19.3 Å². The van der Waals surface area contributed by atoms with E-state index < -0.39 is 29.5 Å². The van der Waals surface area contributed by atoms with Crippen LogP contribution in [-0.4, -0.2) is 59.9 Å². The van der Waals surface area contributed by atoms with Gasteiger partial charge in [-0.3, -0.25) is 9.59 Å². The number of piperidine rings is 1. The van der Waals surface area contributed by atoms with E-state index in [4.69, 9.17) is 9.47 Å². The molecule has 4 rings (SSSR count). The molecule has 2 aromatic rings. The molecule has 0 aliphatic carbocycles. The Morgan fingerprint density at radius 3 is 2.03 bits per heavy atom. The van der Waals surface area contributed by atoms with E-state index in [2.05, 4.69) is 31.2 Å². The molecule has 1 unspecified atom stereocenters. The van der Waals surface area contributed by atoms with Gasteiger partial charge in [-0.15, -0.1) is 0 Å². The fraction of sp³-hybridized carbons (Fsp3) is 0.531. The number of rotatable bonds is 4. The van der Waals surface area contributed by atoms with Crippen LogP contribution in [0.3, 0.4) is 0 Å². The number of aryl methyl sites for hydroxylation is 1. The predicted molar refractivity (Wildman–Crippen MR) is 151 cm³/mol. The molecule has 0 bridgehead atoms. The number of esters is 1. The third-order valence-corrected chi connectivity index (χ3v) is 7.90. The minimum Gasteiger partial charge on any atom is -0.467 e. The fourth-order valence-corrected chi connectivity index (χ4v) is 5.87. The van der Waals surface area contributed by atoms with Gasteiger partial charge in [-0.25, -0.2) is 4.79 Å². The van der Waals surface area contributed by atoms with Crippen LogP contribution in [0.5, 0.6) is 0 Å². The maximum atomic E-state index is 13.3. The van der Waals surface area contributed by atoms with Gasteiger partial charge in [0.1, 0.15) is 0 Å². The van der Waals surface area contributed by atoms with E-state index >= 15 is 0 Å². The monoisotopic (exact) mass is 534 g/mol. The van der Waals surface area contributed by atoms with Gasteiger partial charge in [-0.05, 0) is 101 Å². The topological polar surface area (TPSA) is 76.1 Å². The van der Waals surface area contributed by atoms with Crippen LogP contribution in [0.4, 0.5) is 0 Å². The van der Waals surface area contributed by atoms with Crippen molar-refractivity contribution in [2.45, 2.75) is 85.5 Å². The van der Waals surface area contributed by atoms with Crippen molar-refractivity contribution in [3.63, 3.8) is 0 Å². The van der Waals surface area contributed by atoms with E-state index in [9.17, 15) is 14.4 Å². The summed E-state index contributed by atoms with van der Waals surface area (Å²) in [6.07, 6.45) is 2.67. The van der Waals surface area contributed by atoms with Gasteiger partial charge in [0.15, 0.2) is 6.10 Å². The lowest BCUT2D eigenvalue weighted by Gasteiger charge is -2.36. The molecule has 1 atom stereocenters. The second-order valence-corrected chi connectivity index (χ2v) is 11.8. The molecule has 39 heavy (non-hydrogen) atoms. The quantitative estimate of drug-likeness (QED) is 0.398. The smallest absolute Gasteiger partial charge is 0.339 e. The highest BCUT2D eigenvalue weighted by atomic mass is 16.6. The van der Waals surface area contributed by atoms with Gasteiger partial charge in [-0.2, -0.15) is 0 Å². The first kappa shape index (κ1) is 28.8. The van der Waals surface area contributed by atoms with E-state index in [1.165, 1.54) is 12.7 Å². The molecule has 2 aliphatic heterocycles. The van der Waals surface area contributed by atoms with Crippen molar-refractivity contribution in [1.82, 2.24) is 9.80 Å². The molecule has 2 heterocycles. The van der Waals surface area contributed by atoms with Crippen LogP contribution in [0.25, 0.3) is 11.1 Å². The minimum atomic E-state index is -0.948. The normalized spacial score (nSPS) is 16.5. The van der Waals surface area contributed by atoms with E-state index in [0.29, 0.717) is 32.6 Å². The number of methoxy groups -OCH3 is 1. The second kappa shape index (κ2) is 11.5. The number of hydrogen-bond acceptors (Lipinski definition) is 5. The first-order valence-electron chi connectivity index (χ1n) is 14.0. The Morgan fingerprint density at radius 2 is 1.44 bits per heavy atom. The van der Waals surface area contributed by atoms with Crippen molar-refractivity contribution < 1.29 is 23.9 Å². The van der Waals surface area contributed by atoms with Gasteiger partial charge in [-0.1, -0.05) is 29.8 Å². The summed E-state index contributed by atoms with van der Waals surface area (Å²) < 4.78 is 11.6. The van der Waals surface area contributed by atoms with Crippen LogP contribution in [0.1, 0.15) is 79.5 Å². The zero-order valence-electron chi connectivity index (χ0n) is 24.5. The van der Waals surface area contributed by atoms with Crippen LogP contribution in [0.15, 0.2) is 24.3 Å². The summed E-state index contributed by atoms with van der Waals surface area (Å²) in [6, 6.07) is 8.29. The highest BCUT2D eigenvalue weighted by Crippen LogP contribution is 2.43. The summed E-state index contributed by atoms with van der Waals surface area (Å²) in [5.41, 5.74) is 7.38. The average molecular weight is 535 g/mol. The third kappa shape index (κ3) is 6.03. The molecular formula is C32H42N2O5. The molecule has 1 fully saturated rings. The van der Waals surface area contributed by atoms with Crippen LogP contribution in [-0.2, 0) is 36.8 Å². The molecule has 2 amide bonds. The zero-order valence-corrected chi connectivity index (χ0v) is 24.5. The Hall–Kier alpha value is -3.19. The minimum absolute atomic E-state index is 0.324. The Kier molecular flexibility index (Phi) is 8.50. The number of carbonyl (C=O) groups is 3. The largest absolute Gasteiger partial charge is 0.467 e. The van der Waals surface area contributed by atoms with E-state index in [1.54, 1.807) is 9.80 Å². The summed E-state index contributed by atoms with van der Waals surface area (Å²) >= 11 is 0. The molecule has 2 aromatic carbocycles. The van der Waals surface area contributed by atoms with Crippen molar-refractivity contribution >= 4 is 17.8 Å². The number of hydrogen-bond donors (Lipinski definition) is 0. The van der Waals surface area contributed by atoms with Crippen molar-refractivity contribution in [2.75, 3.05) is 26.7 Å². The van der Waals surface area contributed by atoms with E-state index in [-0.39, 0.29) is 0 Å². The number of amides is 2. The van der Waals surface area contributed by atoms with Gasteiger partial charge in [0, 0.05) is 31.7 Å². The Labute approximate surface area is 232 Å². The number of ether oxygens (including phenoxy) is 2. The van der Waals surface area contributed by atoms with Gasteiger partial charge >= 0.3 is 17.8 Å². The standard InChI is InChI=1S/C32H42N2O5/c1-20-11-13-23(14-12-20)26-21(2)24-15-18-34(30(36)29(35)33-16-9-8-10-17-33)19-25(24)22(3)27(26)28(31(37)38-7)39-32(4,5)6/h11-14,28H,8-10,15-19H2,1-7H3. The van der Waals surface area contributed by atoms with Gasteiger partial charge in [0.2, 0.25) is 0 Å². The van der Waals surface area contributed by atoms with Crippen LogP contribution in [0, 0.1) is 20.8 Å². The average Bonchev–Trinajstić information content (AvgIpc) is 2.92. The van der Waals surface area contributed by atoms with Crippen molar-refractivity contribution in [2.24, 2.45) is 0 Å². The molecular weight excluding hydrogens is 492 g/mol. The summed E-state index contributed by atoms with van der Waals surface area (Å²) in [5, 5.41) is 0. The number of likely N-dealkylation sites (tertiary alicyclic amines) is 1. The summed E-state index contributed by atoms with van der Waals surface area (Å²) in [7, 11) is 1.38. The molecule has 0 saturated carbocycles. The Morgan fingerprint density at radius 1 is 0.821 bits per heavy atom. The molecule has 7 heteroatoms. The van der Waals surface area contributed by atoms with Crippen LogP contribution < -0.4 is 0 Å². The summed E-state index contributed by atoms with van der Waals surface area (Å²) in [6.45, 7) is 14.0. The van der Waals surface area contributed by atoms with Gasteiger partial charge in [0.05, 0.1) is 12.7 Å². The zero-order chi connectivity index (χ0) is 28.5. The lowest BCUT2D eigenvalue weighted by molar-refractivity contribution is -0.164. The number of benzene rings is 2. The SMILES string of the molecule is COC(=O)C(OC(C)(C)C)c1c(C)c2c(c(C)c1-c1ccc(C)cc1)CCN(C(=O)C(=O)N1CCCCC1)C2. The highest BCUT2D eigenvalue weighted by Gasteiger charge is 2.37. The molecule has 210 valence electrons. The maximum Gasteiger partial charge on any atom is 0.339 e. The molecule has 1 saturated heterocycles. The first-order valence-corrected chi connectivity index (χ1v) is 14.0. The van der Waals surface area contributed by atoms with Crippen molar-refractivity contribution in [3.05, 3.63) is 57.6 Å². The number of carbonyl (C=O) groups excluding carboxylic acids is 3. The maximum absolute atomic E-state index is 13.3. The summed E-state index contributed by atoms with van der Waals surface area (Å²) in [4.78, 5) is 43.0. The van der Waals surface area contributed by atoms with Crippen molar-refractivity contribution in [3.8, 4) is 11.1 Å². The lowest BCUT2D eigenvalue weighted by atomic mass is 9.80. The molecule has 0 N–H and O–H groups in total. The van der Waals surface area contributed by atoms with E-state index in [0.717, 1.165) is 58.2 Å². The van der Waals surface area contributed by atoms with E-state index in [1.807, 2.05) is 34.6 Å². The third-order valence-electron chi connectivity index (χ3n) is 7.90. The highest BCUT2D eigenvalue weighted by molar-refractivity contribution is 6.34. The number of fused-ring (bicyclic) bond motifs is 1. The predicted octanol–water partition coefficient (Wildman–Crippen LogP) is 5.21. The summed E-state index contributed by atoms with van der Waals surface area (Å²) in [5.74, 6) is -1.32. The van der Waals surface area contributed by atoms with Crippen molar-refractivity contribution in [1.29, 1.82) is 0 Å². The number of nitrogens with zero attached hydrogens (tertiary/aromatic N) is 2. The van der Waals surface area contributed by atoms with Gasteiger partial charge in [0.25, 0.3) is 0 Å². The molecule has 2 aliphatic rings. The first-order chi connectivity index (χ1) is 18.4. The Bertz CT molecular complexity index is 1250. The lowest BCUT2D eigenvalue weighted by Crippen LogP contribution is -2.48. The molecule has 7 nitrogen and oxygen atoms in total. The van der Waals surface area contributed by atoms with Crippen LogP contribution >= 0.6 is 0 Å². The molecule has 0 radical (unpaired) electrons. The molecule has 0 spiro atoms. The van der Waals surface area contributed by atoms with Crippen LogP contribution in [0.2, 0.25) is 0 Å².